The molecule has 1 aromatic carbocycles. The SMILES string of the molecule is O=C(CN1C(=O)CC2(CCCC2)C1=O)N1CCN(S(=O)(=O)c2ccccc2)CC1. The highest BCUT2D eigenvalue weighted by molar-refractivity contribution is 7.89. The van der Waals surface area contributed by atoms with E-state index in [1.807, 2.05) is 0 Å². The van der Waals surface area contributed by atoms with Crippen molar-refractivity contribution < 1.29 is 22.8 Å². The summed E-state index contributed by atoms with van der Waals surface area (Å²) < 4.78 is 26.8. The van der Waals surface area contributed by atoms with Crippen LogP contribution in [0.2, 0.25) is 0 Å². The van der Waals surface area contributed by atoms with Gasteiger partial charge in [-0.15, -0.1) is 0 Å². The van der Waals surface area contributed by atoms with Gasteiger partial charge in [0.25, 0.3) is 0 Å². The van der Waals surface area contributed by atoms with Crippen molar-refractivity contribution in [3.63, 3.8) is 0 Å². The fraction of sp³-hybridized carbons (Fsp3) is 0.550. The lowest BCUT2D eigenvalue weighted by Gasteiger charge is -2.34. The first kappa shape index (κ1) is 20.0. The van der Waals surface area contributed by atoms with Gasteiger partial charge < -0.3 is 4.90 Å². The Hall–Kier alpha value is -2.26. The summed E-state index contributed by atoms with van der Waals surface area (Å²) in [5, 5.41) is 0. The number of likely N-dealkylation sites (tertiary alicyclic amines) is 1. The maximum absolute atomic E-state index is 12.7. The van der Waals surface area contributed by atoms with Crippen molar-refractivity contribution in [1.82, 2.24) is 14.1 Å². The zero-order chi connectivity index (χ0) is 20.6. The number of rotatable bonds is 4. The molecule has 3 aliphatic rings. The van der Waals surface area contributed by atoms with Crippen LogP contribution >= 0.6 is 0 Å². The first-order valence-corrected chi connectivity index (χ1v) is 11.5. The van der Waals surface area contributed by atoms with Gasteiger partial charge in [0.1, 0.15) is 6.54 Å². The number of benzene rings is 1. The molecule has 2 aliphatic heterocycles. The molecule has 0 radical (unpaired) electrons. The van der Waals surface area contributed by atoms with Crippen molar-refractivity contribution in [3.8, 4) is 0 Å². The van der Waals surface area contributed by atoms with Crippen molar-refractivity contribution in [3.05, 3.63) is 30.3 Å². The predicted molar refractivity (Wildman–Crippen MR) is 104 cm³/mol. The van der Waals surface area contributed by atoms with E-state index in [1.54, 1.807) is 30.3 Å². The highest BCUT2D eigenvalue weighted by Gasteiger charge is 2.53. The molecule has 8 nitrogen and oxygen atoms in total. The minimum Gasteiger partial charge on any atom is -0.338 e. The van der Waals surface area contributed by atoms with E-state index < -0.39 is 15.4 Å². The topological polar surface area (TPSA) is 95.1 Å². The second kappa shape index (κ2) is 7.53. The molecule has 0 N–H and O–H groups in total. The molecule has 1 aromatic rings. The summed E-state index contributed by atoms with van der Waals surface area (Å²) in [5.74, 6) is -0.785. The van der Waals surface area contributed by atoms with Crippen LogP contribution in [-0.4, -0.2) is 73.0 Å². The lowest BCUT2D eigenvalue weighted by molar-refractivity contribution is -0.147. The molecule has 0 unspecified atom stereocenters. The fourth-order valence-electron chi connectivity index (χ4n) is 4.62. The van der Waals surface area contributed by atoms with Crippen molar-refractivity contribution in [2.24, 2.45) is 5.41 Å². The molecular formula is C20H25N3O5S. The van der Waals surface area contributed by atoms with Crippen LogP contribution in [0.5, 0.6) is 0 Å². The highest BCUT2D eigenvalue weighted by atomic mass is 32.2. The van der Waals surface area contributed by atoms with Gasteiger partial charge in [0.05, 0.1) is 10.3 Å². The lowest BCUT2D eigenvalue weighted by atomic mass is 9.84. The molecule has 1 saturated carbocycles. The molecule has 0 atom stereocenters. The number of amides is 3. The van der Waals surface area contributed by atoms with Gasteiger partial charge in [-0.3, -0.25) is 19.3 Å². The molecule has 3 amide bonds. The van der Waals surface area contributed by atoms with E-state index in [9.17, 15) is 22.8 Å². The molecule has 2 saturated heterocycles. The van der Waals surface area contributed by atoms with E-state index in [4.69, 9.17) is 0 Å². The average Bonchev–Trinajstić information content (AvgIpc) is 3.29. The maximum atomic E-state index is 12.7. The Labute approximate surface area is 170 Å². The summed E-state index contributed by atoms with van der Waals surface area (Å²) in [4.78, 5) is 40.7. The van der Waals surface area contributed by atoms with E-state index >= 15 is 0 Å². The number of carbonyl (C=O) groups excluding carboxylic acids is 3. The summed E-state index contributed by atoms with van der Waals surface area (Å²) in [6, 6.07) is 8.21. The van der Waals surface area contributed by atoms with Crippen LogP contribution in [0.1, 0.15) is 32.1 Å². The van der Waals surface area contributed by atoms with E-state index in [1.165, 1.54) is 9.21 Å². The molecule has 1 aliphatic carbocycles. The fourth-order valence-corrected chi connectivity index (χ4v) is 6.06. The number of imide groups is 1. The molecule has 0 bridgehead atoms. The molecule has 0 aromatic heterocycles. The molecular weight excluding hydrogens is 394 g/mol. The Bertz CT molecular complexity index is 917. The third-order valence-corrected chi connectivity index (χ3v) is 8.23. The van der Waals surface area contributed by atoms with Gasteiger partial charge in [-0.25, -0.2) is 8.42 Å². The zero-order valence-corrected chi connectivity index (χ0v) is 17.1. The zero-order valence-electron chi connectivity index (χ0n) is 16.2. The van der Waals surface area contributed by atoms with Crippen LogP contribution in [-0.2, 0) is 24.4 Å². The Morgan fingerprint density at radius 2 is 1.59 bits per heavy atom. The minimum absolute atomic E-state index is 0.189. The van der Waals surface area contributed by atoms with Gasteiger partial charge in [0.15, 0.2) is 0 Å². The van der Waals surface area contributed by atoms with Gasteiger partial charge in [0.2, 0.25) is 27.7 Å². The molecule has 156 valence electrons. The quantitative estimate of drug-likeness (QED) is 0.674. The van der Waals surface area contributed by atoms with E-state index in [0.29, 0.717) is 0 Å². The van der Waals surface area contributed by atoms with Crippen molar-refractivity contribution in [2.45, 2.75) is 37.0 Å². The van der Waals surface area contributed by atoms with Gasteiger partial charge in [0, 0.05) is 32.6 Å². The van der Waals surface area contributed by atoms with E-state index in [2.05, 4.69) is 0 Å². The monoisotopic (exact) mass is 419 g/mol. The number of sulfonamides is 1. The van der Waals surface area contributed by atoms with Crippen molar-refractivity contribution >= 4 is 27.7 Å². The standard InChI is InChI=1S/C20H25N3O5S/c24-17-14-20(8-4-5-9-20)19(26)23(17)15-18(25)21-10-12-22(13-11-21)29(27,28)16-6-2-1-3-7-16/h1-3,6-7H,4-5,8-15H2. The smallest absolute Gasteiger partial charge is 0.243 e. The summed E-state index contributed by atoms with van der Waals surface area (Å²) in [7, 11) is -3.59. The van der Waals surface area contributed by atoms with Crippen molar-refractivity contribution in [2.75, 3.05) is 32.7 Å². The summed E-state index contributed by atoms with van der Waals surface area (Å²) in [6.45, 7) is 0.618. The van der Waals surface area contributed by atoms with Gasteiger partial charge in [-0.1, -0.05) is 31.0 Å². The van der Waals surface area contributed by atoms with E-state index in [-0.39, 0.29) is 61.8 Å². The Morgan fingerprint density at radius 3 is 2.21 bits per heavy atom. The van der Waals surface area contributed by atoms with Gasteiger partial charge in [-0.05, 0) is 25.0 Å². The normalized spacial score (nSPS) is 22.6. The molecule has 1 spiro atoms. The maximum Gasteiger partial charge on any atom is 0.243 e. The molecule has 9 heteroatoms. The molecule has 29 heavy (non-hydrogen) atoms. The van der Waals surface area contributed by atoms with Crippen LogP contribution in [0, 0.1) is 5.41 Å². The second-order valence-corrected chi connectivity index (χ2v) is 9.99. The third-order valence-electron chi connectivity index (χ3n) is 6.32. The predicted octanol–water partition coefficient (Wildman–Crippen LogP) is 0.839. The number of hydrogen-bond acceptors (Lipinski definition) is 5. The summed E-state index contributed by atoms with van der Waals surface area (Å²) in [5.41, 5.74) is -0.584. The van der Waals surface area contributed by atoms with Crippen LogP contribution in [0.4, 0.5) is 0 Å². The van der Waals surface area contributed by atoms with Gasteiger partial charge >= 0.3 is 0 Å². The van der Waals surface area contributed by atoms with Crippen LogP contribution < -0.4 is 0 Å². The summed E-state index contributed by atoms with van der Waals surface area (Å²) >= 11 is 0. The summed E-state index contributed by atoms with van der Waals surface area (Å²) in [6.07, 6.45) is 3.54. The number of carbonyl (C=O) groups is 3. The van der Waals surface area contributed by atoms with Gasteiger partial charge in [-0.2, -0.15) is 4.31 Å². The third kappa shape index (κ3) is 3.57. The second-order valence-electron chi connectivity index (χ2n) is 8.05. The van der Waals surface area contributed by atoms with Crippen LogP contribution in [0.3, 0.4) is 0 Å². The molecule has 3 fully saturated rings. The average molecular weight is 420 g/mol. The Balaban J connectivity index is 1.36. The van der Waals surface area contributed by atoms with E-state index in [0.717, 1.165) is 30.6 Å². The largest absolute Gasteiger partial charge is 0.338 e. The van der Waals surface area contributed by atoms with Crippen molar-refractivity contribution in [1.29, 1.82) is 0 Å². The number of piperazine rings is 1. The Kier molecular flexibility index (Phi) is 5.20. The van der Waals surface area contributed by atoms with Crippen LogP contribution in [0.15, 0.2) is 35.2 Å². The number of nitrogens with zero attached hydrogens (tertiary/aromatic N) is 3. The number of hydrogen-bond donors (Lipinski definition) is 0. The van der Waals surface area contributed by atoms with Crippen LogP contribution in [0.25, 0.3) is 0 Å². The lowest BCUT2D eigenvalue weighted by Crippen LogP contribution is -2.53. The Morgan fingerprint density at radius 1 is 0.966 bits per heavy atom. The molecule has 2 heterocycles. The minimum atomic E-state index is -3.59. The first-order valence-electron chi connectivity index (χ1n) is 10.0. The first-order chi connectivity index (χ1) is 13.8. The highest BCUT2D eigenvalue weighted by Crippen LogP contribution is 2.46. The molecule has 4 rings (SSSR count).